The molecule has 0 unspecified atom stereocenters. The van der Waals surface area contributed by atoms with Crippen LogP contribution in [0.2, 0.25) is 0 Å². The van der Waals surface area contributed by atoms with E-state index in [4.69, 9.17) is 15.2 Å². The molecule has 0 saturated heterocycles. The minimum Gasteiger partial charge on any atom is -0.466 e. The van der Waals surface area contributed by atoms with E-state index in [1.807, 2.05) is 0 Å². The Bertz CT molecular complexity index is 280. The van der Waals surface area contributed by atoms with Gasteiger partial charge in [0.05, 0.1) is 6.61 Å². The van der Waals surface area contributed by atoms with Crippen LogP contribution in [0.1, 0.15) is 77.6 Å². The third-order valence-corrected chi connectivity index (χ3v) is 3.59. The zero-order valence-corrected chi connectivity index (χ0v) is 15.1. The number of unbranched alkanes of at least 4 members (excludes halogenated alkanes) is 6. The molecule has 0 aliphatic rings. The molecule has 0 saturated carbocycles. The van der Waals surface area contributed by atoms with Crippen molar-refractivity contribution in [2.24, 2.45) is 5.73 Å². The van der Waals surface area contributed by atoms with Gasteiger partial charge in [-0.05, 0) is 51.5 Å². The zero-order valence-electron chi connectivity index (χ0n) is 15.1. The molecule has 0 amide bonds. The highest BCUT2D eigenvalue weighted by Gasteiger charge is 2.02. The van der Waals surface area contributed by atoms with Gasteiger partial charge < -0.3 is 15.2 Å². The van der Waals surface area contributed by atoms with Crippen LogP contribution in [0.25, 0.3) is 0 Å². The van der Waals surface area contributed by atoms with Crippen LogP contribution in [0.3, 0.4) is 0 Å². The molecule has 2 N–H and O–H groups in total. The standard InChI is InChI=1S/C19H37NO3/c1-2-3-4-5-8-11-16-22-17-13-14-19(21)23-18-12-9-6-7-10-15-20/h3-4H,2,5-18,20H2,1H3/b4-3-. The average molecular weight is 328 g/mol. The molecule has 0 fully saturated rings. The molecular weight excluding hydrogens is 290 g/mol. The van der Waals surface area contributed by atoms with Crippen LogP contribution in [0.5, 0.6) is 0 Å². The number of rotatable bonds is 17. The van der Waals surface area contributed by atoms with Crippen LogP contribution < -0.4 is 5.73 Å². The van der Waals surface area contributed by atoms with Crippen LogP contribution in [0.15, 0.2) is 12.2 Å². The smallest absolute Gasteiger partial charge is 0.305 e. The Labute approximate surface area is 142 Å². The van der Waals surface area contributed by atoms with Crippen molar-refractivity contribution in [2.45, 2.75) is 77.6 Å². The molecule has 0 atom stereocenters. The van der Waals surface area contributed by atoms with Gasteiger partial charge in [0.2, 0.25) is 0 Å². The van der Waals surface area contributed by atoms with Gasteiger partial charge >= 0.3 is 5.97 Å². The van der Waals surface area contributed by atoms with Gasteiger partial charge in [0.15, 0.2) is 0 Å². The van der Waals surface area contributed by atoms with Crippen LogP contribution in [0, 0.1) is 0 Å². The normalized spacial score (nSPS) is 11.2. The van der Waals surface area contributed by atoms with Gasteiger partial charge in [0.1, 0.15) is 0 Å². The second-order valence-corrected chi connectivity index (χ2v) is 5.87. The first-order valence-corrected chi connectivity index (χ1v) is 9.39. The fourth-order valence-corrected chi connectivity index (χ4v) is 2.21. The number of ether oxygens (including phenoxy) is 2. The number of carbonyl (C=O) groups is 1. The van der Waals surface area contributed by atoms with E-state index >= 15 is 0 Å². The van der Waals surface area contributed by atoms with Gasteiger partial charge in [-0.15, -0.1) is 0 Å². The lowest BCUT2D eigenvalue weighted by Crippen LogP contribution is -2.07. The fraction of sp³-hybridized carbons (Fsp3) is 0.842. The van der Waals surface area contributed by atoms with Crippen LogP contribution >= 0.6 is 0 Å². The molecule has 0 aromatic carbocycles. The summed E-state index contributed by atoms with van der Waals surface area (Å²) in [4.78, 5) is 11.5. The molecule has 0 bridgehead atoms. The zero-order chi connectivity index (χ0) is 17.0. The van der Waals surface area contributed by atoms with Crippen molar-refractivity contribution in [2.75, 3.05) is 26.4 Å². The summed E-state index contributed by atoms with van der Waals surface area (Å²) in [5.74, 6) is -0.0970. The molecule has 0 aromatic rings. The number of hydrogen-bond donors (Lipinski definition) is 1. The summed E-state index contributed by atoms with van der Waals surface area (Å²) in [5.41, 5.74) is 5.44. The molecule has 0 radical (unpaired) electrons. The van der Waals surface area contributed by atoms with Crippen molar-refractivity contribution in [3.05, 3.63) is 12.2 Å². The number of allylic oxidation sites excluding steroid dienone is 2. The highest BCUT2D eigenvalue weighted by Crippen LogP contribution is 2.03. The maximum absolute atomic E-state index is 11.5. The quantitative estimate of drug-likeness (QED) is 0.245. The van der Waals surface area contributed by atoms with Crippen molar-refractivity contribution in [3.8, 4) is 0 Å². The van der Waals surface area contributed by atoms with Gasteiger partial charge in [-0.1, -0.05) is 38.3 Å². The molecule has 4 heteroatoms. The van der Waals surface area contributed by atoms with E-state index in [9.17, 15) is 4.79 Å². The van der Waals surface area contributed by atoms with Gasteiger partial charge in [0, 0.05) is 19.6 Å². The molecule has 0 aliphatic carbocycles. The van der Waals surface area contributed by atoms with E-state index in [1.165, 1.54) is 19.3 Å². The number of hydrogen-bond acceptors (Lipinski definition) is 4. The number of nitrogens with two attached hydrogens (primary N) is 1. The lowest BCUT2D eigenvalue weighted by atomic mass is 10.1. The summed E-state index contributed by atoms with van der Waals surface area (Å²) in [7, 11) is 0. The largest absolute Gasteiger partial charge is 0.466 e. The monoisotopic (exact) mass is 327 g/mol. The number of esters is 1. The molecule has 136 valence electrons. The third kappa shape index (κ3) is 19.1. The summed E-state index contributed by atoms with van der Waals surface area (Å²) in [6, 6.07) is 0. The number of carbonyl (C=O) groups excluding carboxylic acids is 1. The maximum Gasteiger partial charge on any atom is 0.305 e. The highest BCUT2D eigenvalue weighted by molar-refractivity contribution is 5.69. The summed E-state index contributed by atoms with van der Waals surface area (Å²) in [6.45, 7) is 4.91. The Balaban J connectivity index is 3.17. The highest BCUT2D eigenvalue weighted by atomic mass is 16.5. The van der Waals surface area contributed by atoms with Crippen molar-refractivity contribution in [3.63, 3.8) is 0 Å². The first-order valence-electron chi connectivity index (χ1n) is 9.39. The molecule has 0 aromatic heterocycles. The first kappa shape index (κ1) is 22.1. The van der Waals surface area contributed by atoms with Crippen LogP contribution in [-0.2, 0) is 14.3 Å². The second-order valence-electron chi connectivity index (χ2n) is 5.87. The first-order chi connectivity index (χ1) is 11.3. The van der Waals surface area contributed by atoms with Crippen LogP contribution in [-0.4, -0.2) is 32.3 Å². The third-order valence-electron chi connectivity index (χ3n) is 3.59. The summed E-state index contributed by atoms with van der Waals surface area (Å²) in [6.07, 6.45) is 15.7. The summed E-state index contributed by atoms with van der Waals surface area (Å²) in [5, 5.41) is 0. The predicted octanol–water partition coefficient (Wildman–Crippen LogP) is 4.37. The lowest BCUT2D eigenvalue weighted by Gasteiger charge is -2.06. The Morgan fingerprint density at radius 2 is 1.57 bits per heavy atom. The van der Waals surface area contributed by atoms with E-state index in [1.54, 1.807) is 0 Å². The summed E-state index contributed by atoms with van der Waals surface area (Å²) >= 11 is 0. The fourth-order valence-electron chi connectivity index (χ4n) is 2.21. The van der Waals surface area contributed by atoms with Gasteiger partial charge in [-0.3, -0.25) is 4.79 Å². The van der Waals surface area contributed by atoms with Crippen molar-refractivity contribution in [1.82, 2.24) is 0 Å². The van der Waals surface area contributed by atoms with Gasteiger partial charge in [-0.2, -0.15) is 0 Å². The Hall–Kier alpha value is -0.870. The molecule has 0 rings (SSSR count). The Kier molecular flexibility index (Phi) is 18.5. The van der Waals surface area contributed by atoms with E-state index in [2.05, 4.69) is 19.1 Å². The lowest BCUT2D eigenvalue weighted by molar-refractivity contribution is -0.144. The SMILES string of the molecule is CC/C=C\CCCCOCCCC(=O)OCCCCCCCN. The predicted molar refractivity (Wildman–Crippen MR) is 96.4 cm³/mol. The molecule has 0 heterocycles. The van der Waals surface area contributed by atoms with Crippen molar-refractivity contribution >= 4 is 5.97 Å². The van der Waals surface area contributed by atoms with E-state index in [0.717, 1.165) is 58.1 Å². The van der Waals surface area contributed by atoms with E-state index in [-0.39, 0.29) is 5.97 Å². The minimum atomic E-state index is -0.0970. The minimum absolute atomic E-state index is 0.0970. The van der Waals surface area contributed by atoms with Gasteiger partial charge in [0.25, 0.3) is 0 Å². The average Bonchev–Trinajstić information content (AvgIpc) is 2.55. The molecule has 23 heavy (non-hydrogen) atoms. The Morgan fingerprint density at radius 3 is 2.35 bits per heavy atom. The molecule has 0 aliphatic heterocycles. The van der Waals surface area contributed by atoms with Gasteiger partial charge in [-0.25, -0.2) is 0 Å². The maximum atomic E-state index is 11.5. The van der Waals surface area contributed by atoms with E-state index < -0.39 is 0 Å². The van der Waals surface area contributed by atoms with Crippen LogP contribution in [0.4, 0.5) is 0 Å². The van der Waals surface area contributed by atoms with Crippen molar-refractivity contribution in [1.29, 1.82) is 0 Å². The summed E-state index contributed by atoms with van der Waals surface area (Å²) < 4.78 is 10.7. The topological polar surface area (TPSA) is 61.5 Å². The van der Waals surface area contributed by atoms with Crippen molar-refractivity contribution < 1.29 is 14.3 Å². The van der Waals surface area contributed by atoms with E-state index in [0.29, 0.717) is 19.6 Å². The Morgan fingerprint density at radius 1 is 0.870 bits per heavy atom. The molecule has 0 spiro atoms. The molecular formula is C19H37NO3. The second kappa shape index (κ2) is 19.2. The molecule has 4 nitrogen and oxygen atoms in total.